The molecule has 3 nitrogen and oxygen atoms in total. The summed E-state index contributed by atoms with van der Waals surface area (Å²) < 4.78 is 24.8. The molecule has 0 bridgehead atoms. The first-order valence-corrected chi connectivity index (χ1v) is 5.11. The van der Waals surface area contributed by atoms with Crippen LogP contribution in [0.4, 0.5) is 8.78 Å². The molecule has 0 saturated carbocycles. The second-order valence-corrected chi connectivity index (χ2v) is 3.63. The van der Waals surface area contributed by atoms with Gasteiger partial charge in [-0.3, -0.25) is 9.78 Å². The lowest BCUT2D eigenvalue weighted by molar-refractivity contribution is -0.136. The van der Waals surface area contributed by atoms with Crippen LogP contribution in [0, 0.1) is 0 Å². The van der Waals surface area contributed by atoms with Crippen molar-refractivity contribution in [1.82, 2.24) is 4.98 Å². The highest BCUT2D eigenvalue weighted by Gasteiger charge is 2.17. The van der Waals surface area contributed by atoms with Crippen molar-refractivity contribution >= 4 is 29.2 Å². The molecular weight excluding hydrogens is 263 g/mol. The Balaban J connectivity index is 3.24. The maximum atomic E-state index is 12.4. The summed E-state index contributed by atoms with van der Waals surface area (Å²) in [6.07, 6.45) is -3.28. The first-order chi connectivity index (χ1) is 7.45. The van der Waals surface area contributed by atoms with E-state index in [2.05, 4.69) is 4.98 Å². The molecule has 0 aromatic carbocycles. The number of rotatable bonds is 4. The van der Waals surface area contributed by atoms with E-state index in [1.165, 1.54) is 0 Å². The zero-order chi connectivity index (χ0) is 12.3. The topological polar surface area (TPSA) is 50.2 Å². The number of nitrogens with zero attached hydrogens (tertiary/aromatic N) is 1. The van der Waals surface area contributed by atoms with E-state index in [1.54, 1.807) is 0 Å². The monoisotopic (exact) mass is 269 g/mol. The Morgan fingerprint density at radius 2 is 2.19 bits per heavy atom. The SMILES string of the molecule is O=C(O)Cc1nc(C(F)F)cc(Cl)c1CCl. The molecule has 88 valence electrons. The van der Waals surface area contributed by atoms with Crippen molar-refractivity contribution < 1.29 is 18.7 Å². The van der Waals surface area contributed by atoms with Crippen LogP contribution in [0.1, 0.15) is 23.4 Å². The summed E-state index contributed by atoms with van der Waals surface area (Å²) in [5, 5.41) is 8.60. The number of pyridine rings is 1. The van der Waals surface area contributed by atoms with Crippen LogP contribution in [0.3, 0.4) is 0 Å². The average Bonchev–Trinajstić information content (AvgIpc) is 2.16. The molecule has 0 amide bonds. The quantitative estimate of drug-likeness (QED) is 0.855. The minimum atomic E-state index is -2.80. The highest BCUT2D eigenvalue weighted by atomic mass is 35.5. The van der Waals surface area contributed by atoms with Crippen LogP contribution in [-0.2, 0) is 17.1 Å². The molecule has 1 rings (SSSR count). The van der Waals surface area contributed by atoms with Gasteiger partial charge in [0.25, 0.3) is 6.43 Å². The summed E-state index contributed by atoms with van der Waals surface area (Å²) in [5.41, 5.74) is -0.296. The number of alkyl halides is 3. The molecule has 0 aliphatic rings. The molecule has 0 aliphatic heterocycles. The zero-order valence-corrected chi connectivity index (χ0v) is 9.40. The molecule has 0 radical (unpaired) electrons. The molecule has 16 heavy (non-hydrogen) atoms. The van der Waals surface area contributed by atoms with Gasteiger partial charge in [-0.15, -0.1) is 11.6 Å². The van der Waals surface area contributed by atoms with Gasteiger partial charge >= 0.3 is 5.97 Å². The summed E-state index contributed by atoms with van der Waals surface area (Å²) in [5.74, 6) is -1.25. The Morgan fingerprint density at radius 3 is 2.62 bits per heavy atom. The van der Waals surface area contributed by atoms with Crippen molar-refractivity contribution in [3.63, 3.8) is 0 Å². The summed E-state index contributed by atoms with van der Waals surface area (Å²) in [6, 6.07) is 0.995. The van der Waals surface area contributed by atoms with Crippen molar-refractivity contribution in [2.24, 2.45) is 0 Å². The van der Waals surface area contributed by atoms with Crippen LogP contribution in [0.5, 0.6) is 0 Å². The molecule has 1 N–H and O–H groups in total. The van der Waals surface area contributed by atoms with Gasteiger partial charge in [0.2, 0.25) is 0 Å². The van der Waals surface area contributed by atoms with Crippen molar-refractivity contribution in [3.05, 3.63) is 28.0 Å². The second-order valence-electron chi connectivity index (χ2n) is 2.96. The fourth-order valence-electron chi connectivity index (χ4n) is 1.15. The molecule has 0 atom stereocenters. The fraction of sp³-hybridized carbons (Fsp3) is 0.333. The molecule has 0 spiro atoms. The molecule has 1 aromatic rings. The second kappa shape index (κ2) is 5.41. The molecule has 0 unspecified atom stereocenters. The van der Waals surface area contributed by atoms with Crippen LogP contribution >= 0.6 is 23.2 Å². The summed E-state index contributed by atoms with van der Waals surface area (Å²) in [4.78, 5) is 14.1. The van der Waals surface area contributed by atoms with Gasteiger partial charge in [0, 0.05) is 10.6 Å². The summed E-state index contributed by atoms with van der Waals surface area (Å²) in [7, 11) is 0. The Bertz CT molecular complexity index is 413. The normalized spacial score (nSPS) is 10.8. The third kappa shape index (κ3) is 3.02. The fourth-order valence-corrected chi connectivity index (χ4v) is 1.81. The Kier molecular flexibility index (Phi) is 4.44. The van der Waals surface area contributed by atoms with Crippen LogP contribution in [0.25, 0.3) is 0 Å². The molecule has 0 aliphatic carbocycles. The zero-order valence-electron chi connectivity index (χ0n) is 7.88. The van der Waals surface area contributed by atoms with E-state index in [4.69, 9.17) is 28.3 Å². The predicted molar refractivity (Wildman–Crippen MR) is 55.1 cm³/mol. The molecular formula is C9H7Cl2F2NO2. The minimum absolute atomic E-state index is 0.0107. The van der Waals surface area contributed by atoms with Crippen molar-refractivity contribution in [3.8, 4) is 0 Å². The number of carboxylic acids is 1. The van der Waals surface area contributed by atoms with E-state index in [0.29, 0.717) is 0 Å². The maximum absolute atomic E-state index is 12.4. The third-order valence-electron chi connectivity index (χ3n) is 1.85. The third-order valence-corrected chi connectivity index (χ3v) is 2.46. The number of carbonyl (C=O) groups is 1. The first-order valence-electron chi connectivity index (χ1n) is 4.19. The number of carboxylic acid groups (broad SMARTS) is 1. The lowest BCUT2D eigenvalue weighted by Gasteiger charge is -2.09. The van der Waals surface area contributed by atoms with Gasteiger partial charge in [-0.2, -0.15) is 0 Å². The molecule has 7 heteroatoms. The maximum Gasteiger partial charge on any atom is 0.309 e. The number of aromatic nitrogens is 1. The van der Waals surface area contributed by atoms with E-state index in [1.807, 2.05) is 0 Å². The number of hydrogen-bond donors (Lipinski definition) is 1. The standard InChI is InChI=1S/C9H7Cl2F2NO2/c10-3-4-5(11)1-7(9(12)13)14-6(4)2-8(15)16/h1,9H,2-3H2,(H,15,16). The number of hydrogen-bond acceptors (Lipinski definition) is 2. The predicted octanol–water partition coefficient (Wildman–Crippen LogP) is 3.04. The van der Waals surface area contributed by atoms with Crippen LogP contribution in [0.15, 0.2) is 6.07 Å². The lowest BCUT2D eigenvalue weighted by Crippen LogP contribution is -2.08. The van der Waals surface area contributed by atoms with Crippen LogP contribution < -0.4 is 0 Å². The minimum Gasteiger partial charge on any atom is -0.481 e. The largest absolute Gasteiger partial charge is 0.481 e. The highest BCUT2D eigenvalue weighted by Crippen LogP contribution is 2.27. The van der Waals surface area contributed by atoms with Crippen LogP contribution in [-0.4, -0.2) is 16.1 Å². The smallest absolute Gasteiger partial charge is 0.309 e. The van der Waals surface area contributed by atoms with E-state index in [9.17, 15) is 13.6 Å². The van der Waals surface area contributed by atoms with Gasteiger partial charge < -0.3 is 5.11 Å². The van der Waals surface area contributed by atoms with E-state index < -0.39 is 24.5 Å². The average molecular weight is 270 g/mol. The molecule has 0 fully saturated rings. The van der Waals surface area contributed by atoms with Crippen molar-refractivity contribution in [1.29, 1.82) is 0 Å². The Hall–Kier alpha value is -0.940. The molecule has 1 aromatic heterocycles. The van der Waals surface area contributed by atoms with Gasteiger partial charge in [0.15, 0.2) is 0 Å². The van der Waals surface area contributed by atoms with Gasteiger partial charge in [-0.05, 0) is 6.07 Å². The molecule has 0 saturated heterocycles. The lowest BCUT2D eigenvalue weighted by atomic mass is 10.1. The van der Waals surface area contributed by atoms with Gasteiger partial charge in [0.05, 0.1) is 18.0 Å². The van der Waals surface area contributed by atoms with Crippen LogP contribution in [0.2, 0.25) is 5.02 Å². The highest BCUT2D eigenvalue weighted by molar-refractivity contribution is 6.32. The molecule has 1 heterocycles. The number of halogens is 4. The van der Waals surface area contributed by atoms with Crippen molar-refractivity contribution in [2.75, 3.05) is 0 Å². The van der Waals surface area contributed by atoms with E-state index in [0.717, 1.165) is 6.07 Å². The van der Waals surface area contributed by atoms with Gasteiger partial charge in [-0.1, -0.05) is 11.6 Å². The summed E-state index contributed by atoms with van der Waals surface area (Å²) in [6.45, 7) is 0. The van der Waals surface area contributed by atoms with Gasteiger partial charge in [0.1, 0.15) is 5.69 Å². The summed E-state index contributed by atoms with van der Waals surface area (Å²) >= 11 is 11.3. The van der Waals surface area contributed by atoms with Crippen molar-refractivity contribution in [2.45, 2.75) is 18.7 Å². The first kappa shape index (κ1) is 13.1. The Morgan fingerprint density at radius 1 is 1.56 bits per heavy atom. The van der Waals surface area contributed by atoms with Gasteiger partial charge in [-0.25, -0.2) is 8.78 Å². The Labute approximate surface area is 100 Å². The van der Waals surface area contributed by atoms with E-state index >= 15 is 0 Å². The van der Waals surface area contributed by atoms with E-state index in [-0.39, 0.29) is 22.2 Å². The number of aliphatic carboxylic acids is 1.